The van der Waals surface area contributed by atoms with E-state index in [0.717, 1.165) is 16.9 Å². The number of carbonyl (C=O) groups is 2. The van der Waals surface area contributed by atoms with Crippen molar-refractivity contribution in [2.45, 2.75) is 76.2 Å². The van der Waals surface area contributed by atoms with Gasteiger partial charge in [-0.1, -0.05) is 44.2 Å². The molecule has 3 fully saturated rings. The van der Waals surface area contributed by atoms with E-state index >= 15 is 0 Å². The SMILES string of the molecule is O=C1CCC(c2cccc3c2ccn3C2CCN(CCC3CCCCC3)CC2)C(=O)N1. The number of aromatic nitrogens is 1. The summed E-state index contributed by atoms with van der Waals surface area (Å²) in [5.41, 5.74) is 2.29. The smallest absolute Gasteiger partial charge is 0.234 e. The standard InChI is InChI=1S/C26H35N3O2/c30-25-10-9-23(26(31)27-25)21-7-4-8-24-22(21)14-18-29(24)20-12-16-28(17-13-20)15-11-19-5-2-1-3-6-19/h4,7-8,14,18-20,23H,1-3,5-6,9-13,15-17H2,(H,27,30,31). The molecule has 0 radical (unpaired) electrons. The van der Waals surface area contributed by atoms with Crippen LogP contribution in [0, 0.1) is 5.92 Å². The minimum absolute atomic E-state index is 0.150. The first-order valence-corrected chi connectivity index (χ1v) is 12.3. The fourth-order valence-electron chi connectivity index (χ4n) is 6.09. The third kappa shape index (κ3) is 4.43. The fraction of sp³-hybridized carbons (Fsp3) is 0.615. The van der Waals surface area contributed by atoms with Crippen LogP contribution in [0.1, 0.15) is 81.7 Å². The molecular formula is C26H35N3O2. The quantitative estimate of drug-likeness (QED) is 0.708. The number of fused-ring (bicyclic) bond motifs is 1. The number of piperidine rings is 2. The zero-order valence-corrected chi connectivity index (χ0v) is 18.5. The predicted molar refractivity (Wildman–Crippen MR) is 123 cm³/mol. The van der Waals surface area contributed by atoms with Gasteiger partial charge in [-0.25, -0.2) is 0 Å². The lowest BCUT2D eigenvalue weighted by atomic mass is 9.87. The minimum Gasteiger partial charge on any atom is -0.344 e. The number of amides is 2. The van der Waals surface area contributed by atoms with Gasteiger partial charge in [0.05, 0.1) is 5.92 Å². The second kappa shape index (κ2) is 9.15. The molecule has 1 N–H and O–H groups in total. The van der Waals surface area contributed by atoms with E-state index in [-0.39, 0.29) is 17.7 Å². The van der Waals surface area contributed by atoms with Crippen molar-refractivity contribution in [3.63, 3.8) is 0 Å². The van der Waals surface area contributed by atoms with Crippen LogP contribution in [0.5, 0.6) is 0 Å². The van der Waals surface area contributed by atoms with Gasteiger partial charge >= 0.3 is 0 Å². The van der Waals surface area contributed by atoms with E-state index in [4.69, 9.17) is 0 Å². The predicted octanol–water partition coefficient (Wildman–Crippen LogP) is 4.77. The molecule has 2 aromatic rings. The highest BCUT2D eigenvalue weighted by molar-refractivity contribution is 6.02. The minimum atomic E-state index is -0.223. The second-order valence-electron chi connectivity index (χ2n) is 9.87. The number of imide groups is 1. The van der Waals surface area contributed by atoms with Crippen LogP contribution in [0.2, 0.25) is 0 Å². The molecule has 166 valence electrons. The molecule has 1 aliphatic carbocycles. The monoisotopic (exact) mass is 421 g/mol. The molecule has 2 aliphatic heterocycles. The molecule has 3 heterocycles. The zero-order valence-electron chi connectivity index (χ0n) is 18.5. The van der Waals surface area contributed by atoms with Crippen LogP contribution in [0.25, 0.3) is 10.9 Å². The van der Waals surface area contributed by atoms with Crippen molar-refractivity contribution in [1.82, 2.24) is 14.8 Å². The number of hydrogen-bond acceptors (Lipinski definition) is 3. The van der Waals surface area contributed by atoms with Crippen LogP contribution in [-0.4, -0.2) is 40.9 Å². The van der Waals surface area contributed by atoms with E-state index in [1.807, 2.05) is 0 Å². The maximum Gasteiger partial charge on any atom is 0.234 e. The van der Waals surface area contributed by atoms with E-state index in [0.29, 0.717) is 18.9 Å². The normalized spacial score (nSPS) is 24.6. The summed E-state index contributed by atoms with van der Waals surface area (Å²) in [6.07, 6.45) is 14.2. The van der Waals surface area contributed by atoms with Crippen molar-refractivity contribution >= 4 is 22.7 Å². The van der Waals surface area contributed by atoms with Crippen molar-refractivity contribution in [2.24, 2.45) is 5.92 Å². The fourth-order valence-corrected chi connectivity index (χ4v) is 6.09. The van der Waals surface area contributed by atoms with Gasteiger partial charge in [-0.05, 0) is 55.8 Å². The first-order valence-electron chi connectivity index (χ1n) is 12.3. The maximum atomic E-state index is 12.4. The molecule has 1 aromatic heterocycles. The molecule has 0 spiro atoms. The number of rotatable bonds is 5. The van der Waals surface area contributed by atoms with Gasteiger partial charge in [-0.2, -0.15) is 0 Å². The van der Waals surface area contributed by atoms with Crippen molar-refractivity contribution in [2.75, 3.05) is 19.6 Å². The number of hydrogen-bond donors (Lipinski definition) is 1. The summed E-state index contributed by atoms with van der Waals surface area (Å²) in [7, 11) is 0. The van der Waals surface area contributed by atoms with E-state index in [1.165, 1.54) is 76.5 Å². The van der Waals surface area contributed by atoms with Gasteiger partial charge in [0.1, 0.15) is 0 Å². The summed E-state index contributed by atoms with van der Waals surface area (Å²) < 4.78 is 2.43. The van der Waals surface area contributed by atoms with Crippen LogP contribution >= 0.6 is 0 Å². The number of carbonyl (C=O) groups excluding carboxylic acids is 2. The Balaban J connectivity index is 1.24. The average Bonchev–Trinajstić information content (AvgIpc) is 3.23. The highest BCUT2D eigenvalue weighted by Crippen LogP contribution is 2.35. The van der Waals surface area contributed by atoms with Crippen molar-refractivity contribution in [1.29, 1.82) is 0 Å². The van der Waals surface area contributed by atoms with Gasteiger partial charge in [0.2, 0.25) is 11.8 Å². The van der Waals surface area contributed by atoms with Crippen LogP contribution in [0.3, 0.4) is 0 Å². The lowest BCUT2D eigenvalue weighted by molar-refractivity contribution is -0.134. The highest BCUT2D eigenvalue weighted by Gasteiger charge is 2.30. The molecule has 5 rings (SSSR count). The van der Waals surface area contributed by atoms with Crippen LogP contribution in [0.15, 0.2) is 30.5 Å². The van der Waals surface area contributed by atoms with Crippen molar-refractivity contribution < 1.29 is 9.59 Å². The summed E-state index contributed by atoms with van der Waals surface area (Å²) in [5, 5.41) is 3.68. The Hall–Kier alpha value is -2.14. The molecule has 2 saturated heterocycles. The third-order valence-corrected chi connectivity index (χ3v) is 7.94. The van der Waals surface area contributed by atoms with Gasteiger partial charge in [-0.15, -0.1) is 0 Å². The largest absolute Gasteiger partial charge is 0.344 e. The third-order valence-electron chi connectivity index (χ3n) is 7.94. The molecule has 3 aliphatic rings. The van der Waals surface area contributed by atoms with Crippen molar-refractivity contribution in [3.05, 3.63) is 36.0 Å². The summed E-state index contributed by atoms with van der Waals surface area (Å²) in [6.45, 7) is 3.64. The van der Waals surface area contributed by atoms with Gasteiger partial charge in [0.15, 0.2) is 0 Å². The molecule has 5 nitrogen and oxygen atoms in total. The van der Waals surface area contributed by atoms with Crippen LogP contribution in [-0.2, 0) is 9.59 Å². The lowest BCUT2D eigenvalue weighted by Gasteiger charge is -2.34. The second-order valence-corrected chi connectivity index (χ2v) is 9.87. The molecular weight excluding hydrogens is 386 g/mol. The van der Waals surface area contributed by atoms with E-state index < -0.39 is 0 Å². The molecule has 1 saturated carbocycles. The Kier molecular flexibility index (Phi) is 6.13. The van der Waals surface area contributed by atoms with E-state index in [2.05, 4.69) is 45.2 Å². The van der Waals surface area contributed by atoms with Gasteiger partial charge in [-0.3, -0.25) is 14.9 Å². The average molecular weight is 422 g/mol. The van der Waals surface area contributed by atoms with E-state index in [1.54, 1.807) is 0 Å². The maximum absolute atomic E-state index is 12.4. The molecule has 1 unspecified atom stereocenters. The highest BCUT2D eigenvalue weighted by atomic mass is 16.2. The zero-order chi connectivity index (χ0) is 21.2. The van der Waals surface area contributed by atoms with Gasteiger partial charge in [0.25, 0.3) is 0 Å². The molecule has 1 atom stereocenters. The Morgan fingerprint density at radius 1 is 0.935 bits per heavy atom. The Morgan fingerprint density at radius 2 is 1.74 bits per heavy atom. The Morgan fingerprint density at radius 3 is 2.52 bits per heavy atom. The molecule has 0 bridgehead atoms. The summed E-state index contributed by atoms with van der Waals surface area (Å²) in [4.78, 5) is 26.6. The molecule has 5 heteroatoms. The molecule has 2 amide bonds. The lowest BCUT2D eigenvalue weighted by Crippen LogP contribution is -2.39. The number of benzene rings is 1. The summed E-state index contributed by atoms with van der Waals surface area (Å²) in [6, 6.07) is 9.00. The first kappa shape index (κ1) is 20.7. The first-order chi connectivity index (χ1) is 15.2. The number of likely N-dealkylation sites (tertiary alicyclic amines) is 1. The van der Waals surface area contributed by atoms with Crippen LogP contribution < -0.4 is 5.32 Å². The van der Waals surface area contributed by atoms with Crippen molar-refractivity contribution in [3.8, 4) is 0 Å². The molecule has 1 aromatic carbocycles. The summed E-state index contributed by atoms with van der Waals surface area (Å²) >= 11 is 0. The summed E-state index contributed by atoms with van der Waals surface area (Å²) in [5.74, 6) is 0.438. The number of nitrogens with one attached hydrogen (secondary N) is 1. The van der Waals surface area contributed by atoms with Gasteiger partial charge in [0, 0.05) is 42.7 Å². The molecule has 31 heavy (non-hydrogen) atoms. The van der Waals surface area contributed by atoms with Gasteiger partial charge < -0.3 is 9.47 Å². The number of nitrogens with zero attached hydrogens (tertiary/aromatic N) is 2. The Labute approximate surface area is 185 Å². The Bertz CT molecular complexity index is 935. The topological polar surface area (TPSA) is 54.3 Å². The van der Waals surface area contributed by atoms with Crippen LogP contribution in [0.4, 0.5) is 0 Å². The van der Waals surface area contributed by atoms with E-state index in [9.17, 15) is 9.59 Å².